The quantitative estimate of drug-likeness (QED) is 0.925. The van der Waals surface area contributed by atoms with Crippen LogP contribution in [0.1, 0.15) is 5.56 Å². The second-order valence-electron chi connectivity index (χ2n) is 5.59. The van der Waals surface area contributed by atoms with Crippen LogP contribution in [0.15, 0.2) is 48.2 Å². The van der Waals surface area contributed by atoms with E-state index in [1.807, 2.05) is 43.3 Å². The number of ether oxygens (including phenoxy) is 1. The Labute approximate surface area is 130 Å². The normalized spacial score (nSPS) is 19.3. The molecule has 0 spiro atoms. The second kappa shape index (κ2) is 5.21. The van der Waals surface area contributed by atoms with Crippen molar-refractivity contribution in [2.24, 2.45) is 0 Å². The Morgan fingerprint density at radius 1 is 1.27 bits per heavy atom. The molecular formula is C16H18N2O3S. The van der Waals surface area contributed by atoms with Crippen molar-refractivity contribution < 1.29 is 13.2 Å². The summed E-state index contributed by atoms with van der Waals surface area (Å²) in [6, 6.07) is 6.00. The van der Waals surface area contributed by atoms with Gasteiger partial charge in [0.25, 0.3) is 0 Å². The third kappa shape index (κ3) is 2.87. The van der Waals surface area contributed by atoms with Crippen molar-refractivity contribution in [2.45, 2.75) is 6.10 Å². The summed E-state index contributed by atoms with van der Waals surface area (Å²) in [6.45, 7) is 0. The summed E-state index contributed by atoms with van der Waals surface area (Å²) >= 11 is 0. The van der Waals surface area contributed by atoms with E-state index in [9.17, 15) is 8.42 Å². The highest BCUT2D eigenvalue weighted by Gasteiger charge is 2.28. The average molecular weight is 318 g/mol. The zero-order valence-electron chi connectivity index (χ0n) is 12.7. The maximum absolute atomic E-state index is 11.4. The largest absolute Gasteiger partial charge is 0.481 e. The standard InChI is InChI=1S/C16H18N2O3S/c1-18(2)12-7-8-16-14(10-12)13-9-11(17-22(3,19)20)5-4-6-15(13)21-16/h4-10,15,17H,1-3H3. The van der Waals surface area contributed by atoms with Gasteiger partial charge in [-0.3, -0.25) is 4.72 Å². The average Bonchev–Trinajstić information content (AvgIpc) is 2.62. The summed E-state index contributed by atoms with van der Waals surface area (Å²) in [4.78, 5) is 2.02. The van der Waals surface area contributed by atoms with Gasteiger partial charge in [-0.05, 0) is 36.4 Å². The Bertz CT molecular complexity index is 805. The van der Waals surface area contributed by atoms with Crippen LogP contribution in [-0.2, 0) is 10.0 Å². The molecule has 1 unspecified atom stereocenters. The number of anilines is 1. The van der Waals surface area contributed by atoms with Crippen LogP contribution in [-0.4, -0.2) is 34.9 Å². The van der Waals surface area contributed by atoms with Crippen LogP contribution in [0.3, 0.4) is 0 Å². The van der Waals surface area contributed by atoms with Crippen molar-refractivity contribution in [1.82, 2.24) is 4.72 Å². The number of nitrogens with zero attached hydrogens (tertiary/aromatic N) is 1. The van der Waals surface area contributed by atoms with Crippen LogP contribution in [0.4, 0.5) is 5.69 Å². The van der Waals surface area contributed by atoms with Crippen LogP contribution in [0.25, 0.3) is 5.57 Å². The molecule has 22 heavy (non-hydrogen) atoms. The van der Waals surface area contributed by atoms with E-state index >= 15 is 0 Å². The van der Waals surface area contributed by atoms with Crippen molar-refractivity contribution in [3.05, 3.63) is 53.8 Å². The molecule has 1 aromatic carbocycles. The zero-order chi connectivity index (χ0) is 15.9. The molecule has 0 amide bonds. The Morgan fingerprint density at radius 3 is 2.73 bits per heavy atom. The fraction of sp³-hybridized carbons (Fsp3) is 0.250. The van der Waals surface area contributed by atoms with Gasteiger partial charge in [0.05, 0.1) is 6.26 Å². The zero-order valence-corrected chi connectivity index (χ0v) is 13.5. The van der Waals surface area contributed by atoms with Gasteiger partial charge in [-0.2, -0.15) is 0 Å². The lowest BCUT2D eigenvalue weighted by atomic mass is 10.0. The summed E-state index contributed by atoms with van der Waals surface area (Å²) < 4.78 is 31.3. The molecular weight excluding hydrogens is 300 g/mol. The highest BCUT2D eigenvalue weighted by molar-refractivity contribution is 7.88. The molecule has 3 rings (SSSR count). The molecule has 0 fully saturated rings. The van der Waals surface area contributed by atoms with Crippen molar-refractivity contribution >= 4 is 21.3 Å². The topological polar surface area (TPSA) is 58.6 Å². The summed E-state index contributed by atoms with van der Waals surface area (Å²) in [7, 11) is 0.645. The van der Waals surface area contributed by atoms with E-state index in [1.54, 1.807) is 12.2 Å². The minimum absolute atomic E-state index is 0.192. The van der Waals surface area contributed by atoms with Gasteiger partial charge in [-0.15, -0.1) is 0 Å². The van der Waals surface area contributed by atoms with Gasteiger partial charge in [-0.1, -0.05) is 6.08 Å². The SMILES string of the molecule is CN(C)c1ccc2c(c1)C1=CC(NS(C)(=O)=O)=CC=CC1O2. The highest BCUT2D eigenvalue weighted by atomic mass is 32.2. The molecule has 1 atom stereocenters. The Hall–Kier alpha value is -2.21. The second-order valence-corrected chi connectivity index (χ2v) is 7.34. The van der Waals surface area contributed by atoms with E-state index in [0.29, 0.717) is 5.70 Å². The van der Waals surface area contributed by atoms with Crippen LogP contribution in [0.2, 0.25) is 0 Å². The van der Waals surface area contributed by atoms with Crippen LogP contribution >= 0.6 is 0 Å². The molecule has 0 aromatic heterocycles. The van der Waals surface area contributed by atoms with E-state index in [-0.39, 0.29) is 6.10 Å². The summed E-state index contributed by atoms with van der Waals surface area (Å²) in [5, 5.41) is 0. The lowest BCUT2D eigenvalue weighted by Gasteiger charge is -2.13. The van der Waals surface area contributed by atoms with Gasteiger partial charge < -0.3 is 9.64 Å². The van der Waals surface area contributed by atoms with E-state index in [0.717, 1.165) is 28.8 Å². The molecule has 1 heterocycles. The molecule has 1 aliphatic heterocycles. The highest BCUT2D eigenvalue weighted by Crippen LogP contribution is 2.41. The van der Waals surface area contributed by atoms with Gasteiger partial charge in [-0.25, -0.2) is 8.42 Å². The van der Waals surface area contributed by atoms with E-state index in [4.69, 9.17) is 4.74 Å². The van der Waals surface area contributed by atoms with Gasteiger partial charge in [0.15, 0.2) is 0 Å². The first-order valence-electron chi connectivity index (χ1n) is 6.90. The molecule has 0 radical (unpaired) electrons. The van der Waals surface area contributed by atoms with Crippen molar-refractivity contribution in [1.29, 1.82) is 0 Å². The first kappa shape index (κ1) is 14.7. The van der Waals surface area contributed by atoms with Crippen LogP contribution in [0.5, 0.6) is 5.75 Å². The van der Waals surface area contributed by atoms with Gasteiger partial charge in [0.2, 0.25) is 10.0 Å². The molecule has 1 N–H and O–H groups in total. The number of nitrogens with one attached hydrogen (secondary N) is 1. The van der Waals surface area contributed by atoms with Crippen LogP contribution < -0.4 is 14.4 Å². The third-order valence-corrected chi connectivity index (χ3v) is 4.13. The van der Waals surface area contributed by atoms with Crippen molar-refractivity contribution in [3.63, 3.8) is 0 Å². The first-order chi connectivity index (χ1) is 10.3. The molecule has 0 saturated heterocycles. The number of fused-ring (bicyclic) bond motifs is 3. The predicted molar refractivity (Wildman–Crippen MR) is 88.4 cm³/mol. The van der Waals surface area contributed by atoms with Crippen molar-refractivity contribution in [3.8, 4) is 5.75 Å². The molecule has 1 aromatic rings. The lowest BCUT2D eigenvalue weighted by molar-refractivity contribution is 0.323. The lowest BCUT2D eigenvalue weighted by Crippen LogP contribution is -2.20. The Morgan fingerprint density at radius 2 is 2.05 bits per heavy atom. The fourth-order valence-electron chi connectivity index (χ4n) is 2.53. The monoisotopic (exact) mass is 318 g/mol. The third-order valence-electron chi connectivity index (χ3n) is 3.53. The van der Waals surface area contributed by atoms with Gasteiger partial charge in [0, 0.05) is 36.6 Å². The number of allylic oxidation sites excluding steroid dienone is 3. The first-order valence-corrected chi connectivity index (χ1v) is 8.79. The van der Waals surface area contributed by atoms with E-state index in [1.165, 1.54) is 0 Å². The molecule has 1 aliphatic carbocycles. The van der Waals surface area contributed by atoms with Crippen molar-refractivity contribution in [2.75, 3.05) is 25.3 Å². The van der Waals surface area contributed by atoms with Gasteiger partial charge >= 0.3 is 0 Å². The molecule has 0 saturated carbocycles. The van der Waals surface area contributed by atoms with Crippen LogP contribution in [0, 0.1) is 0 Å². The minimum atomic E-state index is -3.31. The molecule has 116 valence electrons. The number of rotatable bonds is 3. The summed E-state index contributed by atoms with van der Waals surface area (Å²) in [6.07, 6.45) is 8.23. The molecule has 2 aliphatic rings. The number of hydrogen-bond donors (Lipinski definition) is 1. The minimum Gasteiger partial charge on any atom is -0.481 e. The predicted octanol–water partition coefficient (Wildman–Crippen LogP) is 1.90. The number of hydrogen-bond acceptors (Lipinski definition) is 4. The Balaban J connectivity index is 2.05. The smallest absolute Gasteiger partial charge is 0.229 e. The number of benzene rings is 1. The van der Waals surface area contributed by atoms with E-state index in [2.05, 4.69) is 10.8 Å². The summed E-state index contributed by atoms with van der Waals surface area (Å²) in [5.41, 5.74) is 3.54. The molecule has 5 nitrogen and oxygen atoms in total. The maximum Gasteiger partial charge on any atom is 0.229 e. The molecule has 0 bridgehead atoms. The fourth-order valence-corrected chi connectivity index (χ4v) is 3.09. The number of sulfonamides is 1. The van der Waals surface area contributed by atoms with E-state index < -0.39 is 10.0 Å². The Kier molecular flexibility index (Phi) is 3.48. The maximum atomic E-state index is 11.4. The molecule has 6 heteroatoms. The summed E-state index contributed by atoms with van der Waals surface area (Å²) in [5.74, 6) is 0.812. The van der Waals surface area contributed by atoms with Gasteiger partial charge in [0.1, 0.15) is 11.9 Å².